The molecule has 1 fully saturated rings. The van der Waals surface area contributed by atoms with E-state index in [0.717, 1.165) is 11.3 Å². The van der Waals surface area contributed by atoms with Crippen molar-refractivity contribution in [3.05, 3.63) is 0 Å². The Morgan fingerprint density at radius 1 is 1.08 bits per heavy atom. The molecule has 78 valence electrons. The van der Waals surface area contributed by atoms with Crippen molar-refractivity contribution in [2.45, 2.75) is 72.1 Å². The van der Waals surface area contributed by atoms with Crippen molar-refractivity contribution in [2.24, 2.45) is 11.3 Å². The fraction of sp³-hybridized carbons (Fsp3) is 1.00. The van der Waals surface area contributed by atoms with Gasteiger partial charge in [0.05, 0.1) is 0 Å². The van der Waals surface area contributed by atoms with Gasteiger partial charge in [-0.15, -0.1) is 0 Å². The van der Waals surface area contributed by atoms with Crippen LogP contribution >= 0.6 is 0 Å². The lowest BCUT2D eigenvalue weighted by Crippen LogP contribution is -2.29. The summed E-state index contributed by atoms with van der Waals surface area (Å²) in [6.45, 7) is 7.18. The second-order valence-corrected chi connectivity index (χ2v) is 5.18. The van der Waals surface area contributed by atoms with Crippen molar-refractivity contribution in [2.75, 3.05) is 0 Å². The largest absolute Gasteiger partial charge is 0.0654 e. The zero-order valence-electron chi connectivity index (χ0n) is 9.73. The molecule has 0 heteroatoms. The van der Waals surface area contributed by atoms with E-state index >= 15 is 0 Å². The van der Waals surface area contributed by atoms with Crippen molar-refractivity contribution < 1.29 is 0 Å². The Kier molecular flexibility index (Phi) is 4.28. The van der Waals surface area contributed by atoms with Gasteiger partial charge in [0.1, 0.15) is 0 Å². The van der Waals surface area contributed by atoms with Crippen molar-refractivity contribution in [1.29, 1.82) is 0 Å². The van der Waals surface area contributed by atoms with Crippen LogP contribution in [0.25, 0.3) is 0 Å². The second kappa shape index (κ2) is 5.02. The topological polar surface area (TPSA) is 0 Å². The lowest BCUT2D eigenvalue weighted by Gasteiger charge is -2.41. The highest BCUT2D eigenvalue weighted by Gasteiger charge is 2.33. The summed E-state index contributed by atoms with van der Waals surface area (Å²) in [5, 5.41) is 0. The average molecular weight is 182 g/mol. The predicted octanol–water partition coefficient (Wildman–Crippen LogP) is 4.78. The second-order valence-electron chi connectivity index (χ2n) is 5.18. The summed E-state index contributed by atoms with van der Waals surface area (Å²) in [4.78, 5) is 0. The molecule has 1 rings (SSSR count). The molecule has 1 aliphatic rings. The molecule has 13 heavy (non-hydrogen) atoms. The summed E-state index contributed by atoms with van der Waals surface area (Å²) in [5.41, 5.74) is 0.730. The Bertz CT molecular complexity index is 129. The van der Waals surface area contributed by atoms with Crippen LogP contribution in [0.2, 0.25) is 0 Å². The van der Waals surface area contributed by atoms with E-state index in [4.69, 9.17) is 0 Å². The number of hydrogen-bond donors (Lipinski definition) is 0. The maximum atomic E-state index is 2.43. The Morgan fingerprint density at radius 3 is 2.15 bits per heavy atom. The van der Waals surface area contributed by atoms with Crippen LogP contribution in [0.15, 0.2) is 0 Å². The van der Waals surface area contributed by atoms with Crippen LogP contribution < -0.4 is 0 Å². The van der Waals surface area contributed by atoms with Crippen molar-refractivity contribution >= 4 is 0 Å². The van der Waals surface area contributed by atoms with E-state index in [2.05, 4.69) is 20.8 Å². The molecule has 0 heterocycles. The summed E-state index contributed by atoms with van der Waals surface area (Å²) in [6, 6.07) is 0. The molecule has 0 radical (unpaired) electrons. The van der Waals surface area contributed by atoms with Crippen LogP contribution in [0, 0.1) is 11.3 Å². The molecule has 0 N–H and O–H groups in total. The maximum absolute atomic E-state index is 2.43. The Hall–Kier alpha value is 0. The minimum Gasteiger partial charge on any atom is -0.0654 e. The molecular formula is C13H26. The van der Waals surface area contributed by atoms with E-state index in [1.54, 1.807) is 0 Å². The van der Waals surface area contributed by atoms with Gasteiger partial charge in [-0.25, -0.2) is 0 Å². The van der Waals surface area contributed by atoms with Crippen molar-refractivity contribution in [1.82, 2.24) is 0 Å². The van der Waals surface area contributed by atoms with Gasteiger partial charge in [-0.2, -0.15) is 0 Å². The Balaban J connectivity index is 2.51. The predicted molar refractivity (Wildman–Crippen MR) is 59.9 cm³/mol. The van der Waals surface area contributed by atoms with Crippen LogP contribution in [0.4, 0.5) is 0 Å². The highest BCUT2D eigenvalue weighted by molar-refractivity contribution is 4.85. The standard InChI is InChI=1S/C13H26/c1-4-5-9-13(12(2)3)10-7-6-8-11-13/h12H,4-11H2,1-3H3. The molecule has 1 saturated carbocycles. The monoisotopic (exact) mass is 182 g/mol. The molecule has 0 bridgehead atoms. The molecule has 0 nitrogen and oxygen atoms in total. The maximum Gasteiger partial charge on any atom is -0.0274 e. The highest BCUT2D eigenvalue weighted by atomic mass is 14.4. The fourth-order valence-electron chi connectivity index (χ4n) is 2.90. The van der Waals surface area contributed by atoms with Crippen LogP contribution in [-0.2, 0) is 0 Å². The van der Waals surface area contributed by atoms with Gasteiger partial charge in [0.2, 0.25) is 0 Å². The smallest absolute Gasteiger partial charge is 0.0274 e. The van der Waals surface area contributed by atoms with Gasteiger partial charge in [-0.1, -0.05) is 52.9 Å². The molecule has 0 aliphatic heterocycles. The van der Waals surface area contributed by atoms with Gasteiger partial charge in [0, 0.05) is 0 Å². The summed E-state index contributed by atoms with van der Waals surface area (Å²) < 4.78 is 0. The van der Waals surface area contributed by atoms with E-state index < -0.39 is 0 Å². The van der Waals surface area contributed by atoms with E-state index in [9.17, 15) is 0 Å². The van der Waals surface area contributed by atoms with Crippen LogP contribution in [0.1, 0.15) is 72.1 Å². The average Bonchev–Trinajstić information content (AvgIpc) is 2.16. The number of hydrogen-bond acceptors (Lipinski definition) is 0. The van der Waals surface area contributed by atoms with E-state index in [-0.39, 0.29) is 0 Å². The molecule has 0 aromatic rings. The lowest BCUT2D eigenvalue weighted by atomic mass is 9.64. The first-order valence-corrected chi connectivity index (χ1v) is 6.21. The summed E-state index contributed by atoms with van der Waals surface area (Å²) >= 11 is 0. The molecule has 0 aromatic heterocycles. The molecule has 0 aromatic carbocycles. The minimum atomic E-state index is 0.730. The van der Waals surface area contributed by atoms with Crippen LogP contribution in [0.5, 0.6) is 0 Å². The number of unbranched alkanes of at least 4 members (excludes halogenated alkanes) is 1. The third-order valence-corrected chi connectivity index (χ3v) is 4.10. The van der Waals surface area contributed by atoms with Crippen molar-refractivity contribution in [3.8, 4) is 0 Å². The van der Waals surface area contributed by atoms with E-state index in [1.165, 1.54) is 51.4 Å². The first-order chi connectivity index (χ1) is 6.21. The SMILES string of the molecule is CCCCC1(C(C)C)CCCCC1. The molecule has 0 atom stereocenters. The fourth-order valence-corrected chi connectivity index (χ4v) is 2.90. The lowest BCUT2D eigenvalue weighted by molar-refractivity contribution is 0.102. The highest BCUT2D eigenvalue weighted by Crippen LogP contribution is 2.46. The van der Waals surface area contributed by atoms with E-state index in [0.29, 0.717) is 0 Å². The van der Waals surface area contributed by atoms with E-state index in [1.807, 2.05) is 0 Å². The first kappa shape index (κ1) is 11.1. The van der Waals surface area contributed by atoms with Gasteiger partial charge < -0.3 is 0 Å². The Labute approximate surface area is 84.1 Å². The summed E-state index contributed by atoms with van der Waals surface area (Å²) in [6.07, 6.45) is 11.8. The molecule has 0 unspecified atom stereocenters. The molecule has 0 saturated heterocycles. The van der Waals surface area contributed by atoms with Gasteiger partial charge in [0.25, 0.3) is 0 Å². The van der Waals surface area contributed by atoms with Crippen LogP contribution in [-0.4, -0.2) is 0 Å². The molecular weight excluding hydrogens is 156 g/mol. The Morgan fingerprint density at radius 2 is 1.69 bits per heavy atom. The van der Waals surface area contributed by atoms with Crippen molar-refractivity contribution in [3.63, 3.8) is 0 Å². The normalized spacial score (nSPS) is 22.2. The summed E-state index contributed by atoms with van der Waals surface area (Å²) in [5.74, 6) is 0.902. The number of rotatable bonds is 4. The summed E-state index contributed by atoms with van der Waals surface area (Å²) in [7, 11) is 0. The zero-order valence-corrected chi connectivity index (χ0v) is 9.73. The molecule has 1 aliphatic carbocycles. The van der Waals surface area contributed by atoms with Gasteiger partial charge in [-0.05, 0) is 30.6 Å². The minimum absolute atomic E-state index is 0.730. The third-order valence-electron chi connectivity index (χ3n) is 4.10. The van der Waals surface area contributed by atoms with Gasteiger partial charge >= 0.3 is 0 Å². The zero-order chi connectivity index (χ0) is 9.73. The van der Waals surface area contributed by atoms with Crippen LogP contribution in [0.3, 0.4) is 0 Å². The third kappa shape index (κ3) is 2.72. The van der Waals surface area contributed by atoms with Gasteiger partial charge in [-0.3, -0.25) is 0 Å². The molecule has 0 spiro atoms. The van der Waals surface area contributed by atoms with Gasteiger partial charge in [0.15, 0.2) is 0 Å². The quantitative estimate of drug-likeness (QED) is 0.587. The first-order valence-electron chi connectivity index (χ1n) is 6.21. The molecule has 0 amide bonds.